The lowest BCUT2D eigenvalue weighted by molar-refractivity contribution is 1.44. The maximum atomic E-state index is 2.38. The maximum absolute atomic E-state index is 2.38. The zero-order valence-corrected chi connectivity index (χ0v) is 11.0. The van der Waals surface area contributed by atoms with Crippen molar-refractivity contribution in [2.24, 2.45) is 0 Å². The lowest BCUT2D eigenvalue weighted by atomic mass is 10.9. The van der Waals surface area contributed by atoms with Gasteiger partial charge in [-0.05, 0) is 51.3 Å². The number of hydrogen-bond donors (Lipinski definition) is 0. The second-order valence-corrected chi connectivity index (χ2v) is 10.1. The third-order valence-electron chi connectivity index (χ3n) is 1.47. The van der Waals surface area contributed by atoms with E-state index in [0.717, 1.165) is 0 Å². The highest BCUT2D eigenvalue weighted by Crippen LogP contribution is 2.30. The van der Waals surface area contributed by atoms with E-state index in [1.165, 1.54) is 33.2 Å². The van der Waals surface area contributed by atoms with E-state index in [0.29, 0.717) is 15.8 Å². The Kier molecular flexibility index (Phi) is 8.84. The molecule has 0 aliphatic rings. The van der Waals surface area contributed by atoms with Gasteiger partial charge in [0.1, 0.15) is 0 Å². The quantitative estimate of drug-likeness (QED) is 0.466. The van der Waals surface area contributed by atoms with Crippen molar-refractivity contribution < 1.29 is 0 Å². The van der Waals surface area contributed by atoms with Gasteiger partial charge in [0.15, 0.2) is 0 Å². The van der Waals surface area contributed by atoms with Gasteiger partial charge in [-0.25, -0.2) is 0 Å². The van der Waals surface area contributed by atoms with Crippen LogP contribution < -0.4 is 0 Å². The van der Waals surface area contributed by atoms with Crippen molar-refractivity contribution in [2.45, 2.75) is 0 Å². The molecule has 0 aromatic carbocycles. The third kappa shape index (κ3) is 11.3. The molecule has 68 valence electrons. The molecule has 0 atom stereocenters. The molecule has 0 unspecified atom stereocenters. The molecular formula is C8H21P3. The predicted octanol–water partition coefficient (Wildman–Crippen LogP) is 3.15. The molecule has 0 fully saturated rings. The monoisotopic (exact) mass is 210 g/mol. The van der Waals surface area contributed by atoms with Crippen molar-refractivity contribution in [1.82, 2.24) is 0 Å². The average molecular weight is 210 g/mol. The van der Waals surface area contributed by atoms with E-state index in [2.05, 4.69) is 26.7 Å². The van der Waals surface area contributed by atoms with Crippen LogP contribution in [0.1, 0.15) is 0 Å². The predicted molar refractivity (Wildman–Crippen MR) is 65.3 cm³/mol. The Bertz CT molecular complexity index is 71.4. The zero-order valence-electron chi connectivity index (χ0n) is 8.22. The number of rotatable bonds is 6. The minimum Gasteiger partial charge on any atom is -0.121 e. The van der Waals surface area contributed by atoms with E-state index in [-0.39, 0.29) is 0 Å². The summed E-state index contributed by atoms with van der Waals surface area (Å²) in [7, 11) is 2.01. The molecule has 3 heteroatoms. The minimum absolute atomic E-state index is 0.380. The third-order valence-corrected chi connectivity index (χ3v) is 5.76. The topological polar surface area (TPSA) is 0 Å². The van der Waals surface area contributed by atoms with Crippen LogP contribution >= 0.6 is 24.4 Å². The first-order chi connectivity index (χ1) is 5.13. The van der Waals surface area contributed by atoms with E-state index in [4.69, 9.17) is 0 Å². The molecule has 0 amide bonds. The van der Waals surface area contributed by atoms with Crippen LogP contribution in [0.5, 0.6) is 0 Å². The Morgan fingerprint density at radius 2 is 1.18 bits per heavy atom. The molecule has 0 aromatic heterocycles. The molecule has 0 heterocycles. The molecule has 0 aliphatic heterocycles. The van der Waals surface area contributed by atoms with Crippen LogP contribution in [0, 0.1) is 0 Å². The smallest absolute Gasteiger partial charge is 0.0294 e. The first kappa shape index (κ1) is 12.3. The standard InChI is InChI=1S/C8H21P3/c1-10(2)7-5-9-6-8-11(3)4/h9H,5-8H2,1-4H3. The molecule has 0 N–H and O–H groups in total. The summed E-state index contributed by atoms with van der Waals surface area (Å²) in [5, 5.41) is 0. The molecule has 0 nitrogen and oxygen atoms in total. The fourth-order valence-electron chi connectivity index (χ4n) is 0.730. The summed E-state index contributed by atoms with van der Waals surface area (Å²) in [6, 6.07) is 0. The normalized spacial score (nSPS) is 11.5. The average Bonchev–Trinajstić information content (AvgIpc) is 1.85. The van der Waals surface area contributed by atoms with Crippen LogP contribution in [0.25, 0.3) is 0 Å². The van der Waals surface area contributed by atoms with Crippen molar-refractivity contribution >= 4 is 24.4 Å². The van der Waals surface area contributed by atoms with Crippen molar-refractivity contribution in [1.29, 1.82) is 0 Å². The summed E-state index contributed by atoms with van der Waals surface area (Å²) >= 11 is 0. The Morgan fingerprint density at radius 3 is 1.45 bits per heavy atom. The maximum Gasteiger partial charge on any atom is -0.0294 e. The molecule has 0 saturated heterocycles. The van der Waals surface area contributed by atoms with Gasteiger partial charge in [-0.1, -0.05) is 0 Å². The van der Waals surface area contributed by atoms with Crippen LogP contribution in [0.15, 0.2) is 0 Å². The Balaban J connectivity index is 2.91. The first-order valence-electron chi connectivity index (χ1n) is 4.13. The van der Waals surface area contributed by atoms with E-state index in [1.54, 1.807) is 0 Å². The van der Waals surface area contributed by atoms with Gasteiger partial charge < -0.3 is 0 Å². The lowest BCUT2D eigenvalue weighted by Crippen LogP contribution is -1.89. The Morgan fingerprint density at radius 1 is 0.818 bits per heavy atom. The molecule has 0 aromatic rings. The molecule has 0 radical (unpaired) electrons. The van der Waals surface area contributed by atoms with Gasteiger partial charge in [-0.2, -0.15) is 0 Å². The zero-order chi connectivity index (χ0) is 8.69. The molecule has 0 bridgehead atoms. The van der Waals surface area contributed by atoms with Gasteiger partial charge in [0.25, 0.3) is 0 Å². The molecule has 11 heavy (non-hydrogen) atoms. The highest BCUT2D eigenvalue weighted by molar-refractivity contribution is 7.57. The summed E-state index contributed by atoms with van der Waals surface area (Å²) < 4.78 is 0. The van der Waals surface area contributed by atoms with Crippen LogP contribution in [0.4, 0.5) is 0 Å². The Hall–Kier alpha value is 1.29. The van der Waals surface area contributed by atoms with Gasteiger partial charge in [-0.3, -0.25) is 0 Å². The second-order valence-electron chi connectivity index (χ2n) is 3.36. The fraction of sp³-hybridized carbons (Fsp3) is 1.00. The van der Waals surface area contributed by atoms with Gasteiger partial charge in [0.2, 0.25) is 0 Å². The highest BCUT2D eigenvalue weighted by atomic mass is 31.1. The van der Waals surface area contributed by atoms with Gasteiger partial charge in [0.05, 0.1) is 0 Å². The van der Waals surface area contributed by atoms with Crippen LogP contribution in [-0.2, 0) is 0 Å². The summed E-state index contributed by atoms with van der Waals surface area (Å²) in [5.74, 6) is 0. The summed E-state index contributed by atoms with van der Waals surface area (Å²) in [6.07, 6.45) is 6.00. The van der Waals surface area contributed by atoms with E-state index >= 15 is 0 Å². The summed E-state index contributed by atoms with van der Waals surface area (Å²) in [4.78, 5) is 0. The van der Waals surface area contributed by atoms with Crippen LogP contribution in [0.2, 0.25) is 0 Å². The molecule has 0 rings (SSSR count). The van der Waals surface area contributed by atoms with Crippen molar-refractivity contribution in [3.8, 4) is 0 Å². The lowest BCUT2D eigenvalue weighted by Gasteiger charge is -2.06. The van der Waals surface area contributed by atoms with Gasteiger partial charge >= 0.3 is 0 Å². The van der Waals surface area contributed by atoms with E-state index < -0.39 is 0 Å². The summed E-state index contributed by atoms with van der Waals surface area (Å²) in [6.45, 7) is 9.53. The molecule has 0 aliphatic carbocycles. The summed E-state index contributed by atoms with van der Waals surface area (Å²) in [5.41, 5.74) is 0. The molecule has 0 spiro atoms. The van der Waals surface area contributed by atoms with E-state index in [9.17, 15) is 0 Å². The van der Waals surface area contributed by atoms with Crippen LogP contribution in [0.3, 0.4) is 0 Å². The van der Waals surface area contributed by atoms with Crippen LogP contribution in [-0.4, -0.2) is 51.3 Å². The van der Waals surface area contributed by atoms with E-state index in [1.807, 2.05) is 0 Å². The van der Waals surface area contributed by atoms with Crippen molar-refractivity contribution in [2.75, 3.05) is 51.3 Å². The van der Waals surface area contributed by atoms with Gasteiger partial charge in [0, 0.05) is 0 Å². The molecule has 0 saturated carbocycles. The van der Waals surface area contributed by atoms with Gasteiger partial charge in [-0.15, -0.1) is 24.4 Å². The van der Waals surface area contributed by atoms with Crippen molar-refractivity contribution in [3.63, 3.8) is 0 Å². The first-order valence-corrected chi connectivity index (χ1v) is 10.4. The Labute approximate surface area is 76.2 Å². The fourth-order valence-corrected chi connectivity index (χ4v) is 5.82. The molecular weight excluding hydrogens is 189 g/mol. The largest absolute Gasteiger partial charge is 0.121 e. The SMILES string of the molecule is CP(C)CCPCCP(C)C. The number of hydrogen-bond acceptors (Lipinski definition) is 0. The highest BCUT2D eigenvalue weighted by Gasteiger charge is 1.94. The second kappa shape index (κ2) is 7.91. The minimum atomic E-state index is 0.380. The van der Waals surface area contributed by atoms with Crippen molar-refractivity contribution in [3.05, 3.63) is 0 Å².